The van der Waals surface area contributed by atoms with Crippen LogP contribution in [0.1, 0.15) is 59.8 Å². The summed E-state index contributed by atoms with van der Waals surface area (Å²) in [5.41, 5.74) is 0.503. The molecule has 1 aliphatic carbocycles. The molecule has 1 atom stereocenters. The molecule has 0 aliphatic heterocycles. The van der Waals surface area contributed by atoms with E-state index in [0.717, 1.165) is 19.6 Å². The Morgan fingerprint density at radius 2 is 1.65 bits per heavy atom. The number of hydrogen-bond acceptors (Lipinski definition) is 3. The Hall–Kier alpha value is 0.0969. The van der Waals surface area contributed by atoms with Gasteiger partial charge in [0.15, 0.2) is 0 Å². The van der Waals surface area contributed by atoms with Crippen LogP contribution in [-0.2, 0) is 8.85 Å². The summed E-state index contributed by atoms with van der Waals surface area (Å²) in [4.78, 5) is 3.78. The molecule has 1 fully saturated rings. The molecule has 1 rings (SSSR count). The van der Waals surface area contributed by atoms with Crippen LogP contribution in [0.3, 0.4) is 0 Å². The Morgan fingerprint density at radius 3 is 2.06 bits per heavy atom. The molecule has 4 heteroatoms. The summed E-state index contributed by atoms with van der Waals surface area (Å²) in [6.07, 6.45) is 6.38. The monoisotopic (exact) mass is 259 g/mol. The molecule has 0 aromatic heterocycles. The molecule has 0 spiro atoms. The van der Waals surface area contributed by atoms with Crippen LogP contribution in [0.4, 0.5) is 0 Å². The van der Waals surface area contributed by atoms with E-state index < -0.39 is 8.72 Å². The molecule has 17 heavy (non-hydrogen) atoms. The molecule has 1 unspecified atom stereocenters. The summed E-state index contributed by atoms with van der Waals surface area (Å²) < 4.78 is 12.2. The van der Waals surface area contributed by atoms with Crippen molar-refractivity contribution in [3.63, 3.8) is 0 Å². The van der Waals surface area contributed by atoms with Crippen LogP contribution in [0.2, 0.25) is 5.54 Å². The Kier molecular flexibility index (Phi) is 6.70. The molecular weight excluding hydrogens is 230 g/mol. The highest BCUT2D eigenvalue weighted by Crippen LogP contribution is 2.28. The Morgan fingerprint density at radius 1 is 1.12 bits per heavy atom. The van der Waals surface area contributed by atoms with Crippen molar-refractivity contribution in [2.24, 2.45) is 0 Å². The van der Waals surface area contributed by atoms with Gasteiger partial charge in [-0.05, 0) is 26.7 Å². The molecule has 0 aromatic carbocycles. The number of nitrogens with one attached hydrogen (secondary N) is 1. The molecule has 1 aliphatic rings. The van der Waals surface area contributed by atoms with Crippen LogP contribution in [0, 0.1) is 0 Å². The van der Waals surface area contributed by atoms with Gasteiger partial charge in [-0.2, -0.15) is 0 Å². The van der Waals surface area contributed by atoms with Crippen molar-refractivity contribution < 1.29 is 8.85 Å². The second-order valence-electron chi connectivity index (χ2n) is 4.97. The van der Waals surface area contributed by atoms with Crippen molar-refractivity contribution in [3.8, 4) is 0 Å². The number of rotatable bonds is 8. The van der Waals surface area contributed by atoms with Crippen molar-refractivity contribution in [1.82, 2.24) is 4.98 Å². The first kappa shape index (κ1) is 15.2. The highest BCUT2D eigenvalue weighted by Gasteiger charge is 2.45. The van der Waals surface area contributed by atoms with Crippen molar-refractivity contribution >= 4 is 8.72 Å². The summed E-state index contributed by atoms with van der Waals surface area (Å²) in [5.74, 6) is 0. The third-order valence-electron chi connectivity index (χ3n) is 3.74. The predicted molar refractivity (Wildman–Crippen MR) is 74.1 cm³/mol. The first-order valence-electron chi connectivity index (χ1n) is 7.24. The van der Waals surface area contributed by atoms with E-state index in [-0.39, 0.29) is 0 Å². The van der Waals surface area contributed by atoms with E-state index in [2.05, 4.69) is 32.7 Å². The van der Waals surface area contributed by atoms with E-state index in [1.165, 1.54) is 25.7 Å². The van der Waals surface area contributed by atoms with Gasteiger partial charge in [0.25, 0.3) is 0 Å². The normalized spacial score (nSPS) is 19.8. The molecule has 0 saturated heterocycles. The summed E-state index contributed by atoms with van der Waals surface area (Å²) >= 11 is 0. The lowest BCUT2D eigenvalue weighted by Crippen LogP contribution is -2.62. The van der Waals surface area contributed by atoms with Gasteiger partial charge in [-0.3, -0.25) is 4.98 Å². The van der Waals surface area contributed by atoms with Crippen molar-refractivity contribution in [1.29, 1.82) is 0 Å². The van der Waals surface area contributed by atoms with Gasteiger partial charge in [0, 0.05) is 24.8 Å². The maximum absolute atomic E-state index is 6.09. The minimum absolute atomic E-state index is 0.503. The lowest BCUT2D eigenvalue weighted by molar-refractivity contribution is 0.156. The van der Waals surface area contributed by atoms with E-state index in [1.807, 2.05) is 0 Å². The van der Waals surface area contributed by atoms with Gasteiger partial charge in [-0.25, -0.2) is 0 Å². The first-order chi connectivity index (χ1) is 8.18. The van der Waals surface area contributed by atoms with Gasteiger partial charge < -0.3 is 8.85 Å². The molecule has 102 valence electrons. The summed E-state index contributed by atoms with van der Waals surface area (Å²) in [7, 11) is -2.21. The highest BCUT2D eigenvalue weighted by atomic mass is 28.4. The molecule has 3 nitrogen and oxygen atoms in total. The van der Waals surface area contributed by atoms with Gasteiger partial charge in [0.1, 0.15) is 0 Å². The second kappa shape index (κ2) is 7.51. The Balaban J connectivity index is 2.71. The quantitative estimate of drug-likeness (QED) is 0.678. The van der Waals surface area contributed by atoms with Crippen molar-refractivity contribution in [3.05, 3.63) is 0 Å². The zero-order valence-corrected chi connectivity index (χ0v) is 12.9. The lowest BCUT2D eigenvalue weighted by atomic mass is 10.3. The van der Waals surface area contributed by atoms with Crippen LogP contribution in [-0.4, -0.2) is 28.0 Å². The standard InChI is InChI=1S/C13H29NO2Si/c1-5-12(4)17(15-6-2,16-7-3)14-13-10-8-9-11-13/h12-14H,5-11H2,1-4H3. The molecule has 0 heterocycles. The third kappa shape index (κ3) is 4.05. The van der Waals surface area contributed by atoms with E-state index in [9.17, 15) is 0 Å². The highest BCUT2D eigenvalue weighted by molar-refractivity contribution is 6.66. The SMILES string of the molecule is CCO[Si](NC1CCCC1)(OCC)C(C)CC. The Labute approximate surface area is 108 Å². The summed E-state index contributed by atoms with van der Waals surface area (Å²) in [5, 5.41) is 0. The zero-order chi connectivity index (χ0) is 12.7. The third-order valence-corrected chi connectivity index (χ3v) is 7.69. The van der Waals surface area contributed by atoms with Gasteiger partial charge in [0.2, 0.25) is 0 Å². The van der Waals surface area contributed by atoms with Crippen LogP contribution in [0.5, 0.6) is 0 Å². The van der Waals surface area contributed by atoms with Crippen LogP contribution >= 0.6 is 0 Å². The molecule has 0 amide bonds. The molecule has 0 aromatic rings. The van der Waals surface area contributed by atoms with Gasteiger partial charge in [0.05, 0.1) is 0 Å². The van der Waals surface area contributed by atoms with E-state index >= 15 is 0 Å². The average Bonchev–Trinajstić information content (AvgIpc) is 2.81. The maximum atomic E-state index is 6.09. The fraction of sp³-hybridized carbons (Fsp3) is 1.00. The minimum Gasteiger partial charge on any atom is -0.383 e. The molecule has 1 N–H and O–H groups in total. The Bertz CT molecular complexity index is 202. The van der Waals surface area contributed by atoms with Crippen LogP contribution in [0.15, 0.2) is 0 Å². The molecular formula is C13H29NO2Si. The minimum atomic E-state index is -2.21. The van der Waals surface area contributed by atoms with Crippen LogP contribution in [0.25, 0.3) is 0 Å². The summed E-state index contributed by atoms with van der Waals surface area (Å²) in [6.45, 7) is 10.1. The van der Waals surface area contributed by atoms with E-state index in [1.54, 1.807) is 0 Å². The van der Waals surface area contributed by atoms with Gasteiger partial charge >= 0.3 is 8.72 Å². The zero-order valence-electron chi connectivity index (χ0n) is 11.9. The maximum Gasteiger partial charge on any atom is 0.428 e. The van der Waals surface area contributed by atoms with Crippen molar-refractivity contribution in [2.45, 2.75) is 71.4 Å². The topological polar surface area (TPSA) is 30.5 Å². The van der Waals surface area contributed by atoms with E-state index in [0.29, 0.717) is 11.6 Å². The summed E-state index contributed by atoms with van der Waals surface area (Å²) in [6, 6.07) is 0.619. The molecule has 0 bridgehead atoms. The molecule has 1 saturated carbocycles. The predicted octanol–water partition coefficient (Wildman–Crippen LogP) is 3.33. The van der Waals surface area contributed by atoms with Gasteiger partial charge in [-0.15, -0.1) is 0 Å². The second-order valence-corrected chi connectivity index (χ2v) is 8.16. The van der Waals surface area contributed by atoms with Gasteiger partial charge in [-0.1, -0.05) is 33.1 Å². The van der Waals surface area contributed by atoms with Crippen LogP contribution < -0.4 is 4.98 Å². The fourth-order valence-corrected chi connectivity index (χ4v) is 5.96. The van der Waals surface area contributed by atoms with Crippen molar-refractivity contribution in [2.75, 3.05) is 13.2 Å². The first-order valence-corrected chi connectivity index (χ1v) is 9.13. The lowest BCUT2D eigenvalue weighted by Gasteiger charge is -2.37. The van der Waals surface area contributed by atoms with E-state index in [4.69, 9.17) is 8.85 Å². The fourth-order valence-electron chi connectivity index (χ4n) is 2.60. The smallest absolute Gasteiger partial charge is 0.383 e. The molecule has 0 radical (unpaired) electrons. The number of hydrogen-bond donors (Lipinski definition) is 1. The average molecular weight is 259 g/mol. The largest absolute Gasteiger partial charge is 0.428 e.